The first-order valence-corrected chi connectivity index (χ1v) is 7.46. The van der Waals surface area contributed by atoms with Crippen LogP contribution in [-0.4, -0.2) is 23.7 Å². The molecule has 6 heteroatoms. The summed E-state index contributed by atoms with van der Waals surface area (Å²) in [4.78, 5) is 23.2. The predicted molar refractivity (Wildman–Crippen MR) is 79.8 cm³/mol. The third-order valence-electron chi connectivity index (χ3n) is 4.41. The van der Waals surface area contributed by atoms with Gasteiger partial charge in [0.05, 0.1) is 10.7 Å². The molecule has 0 saturated heterocycles. The monoisotopic (exact) mass is 308 g/mol. The van der Waals surface area contributed by atoms with Gasteiger partial charge in [-0.25, -0.2) is 9.59 Å². The SMILES string of the molecule is O=C(NCC1(C2CC2)CC1)Nc1cccc(Cl)c1C(=O)O. The van der Waals surface area contributed by atoms with Crippen LogP contribution in [0.1, 0.15) is 36.0 Å². The fourth-order valence-corrected chi connectivity index (χ4v) is 3.11. The van der Waals surface area contributed by atoms with Crippen LogP contribution in [0, 0.1) is 11.3 Å². The van der Waals surface area contributed by atoms with Crippen LogP contribution >= 0.6 is 11.6 Å². The Morgan fingerprint density at radius 3 is 2.62 bits per heavy atom. The zero-order valence-electron chi connectivity index (χ0n) is 11.5. The van der Waals surface area contributed by atoms with E-state index in [1.54, 1.807) is 6.07 Å². The van der Waals surface area contributed by atoms with Crippen molar-refractivity contribution in [2.75, 3.05) is 11.9 Å². The first-order valence-electron chi connectivity index (χ1n) is 7.08. The Balaban J connectivity index is 1.62. The zero-order valence-corrected chi connectivity index (χ0v) is 12.2. The summed E-state index contributed by atoms with van der Waals surface area (Å²) in [5, 5.41) is 14.7. The normalized spacial score (nSPS) is 18.9. The first-order chi connectivity index (χ1) is 10.0. The summed E-state index contributed by atoms with van der Waals surface area (Å²) in [6.07, 6.45) is 4.88. The number of urea groups is 1. The van der Waals surface area contributed by atoms with Crippen LogP contribution in [0.5, 0.6) is 0 Å². The van der Waals surface area contributed by atoms with Crippen LogP contribution in [0.2, 0.25) is 5.02 Å². The average molecular weight is 309 g/mol. The van der Waals surface area contributed by atoms with Crippen molar-refractivity contribution in [3.8, 4) is 0 Å². The molecule has 21 heavy (non-hydrogen) atoms. The lowest BCUT2D eigenvalue weighted by atomic mass is 10.0. The van der Waals surface area contributed by atoms with Gasteiger partial charge in [0.15, 0.2) is 0 Å². The van der Waals surface area contributed by atoms with E-state index in [0.717, 1.165) is 5.92 Å². The highest BCUT2D eigenvalue weighted by molar-refractivity contribution is 6.34. The number of halogens is 1. The molecule has 0 bridgehead atoms. The van der Waals surface area contributed by atoms with Gasteiger partial charge in [0.25, 0.3) is 0 Å². The molecule has 2 aliphatic carbocycles. The molecule has 2 amide bonds. The van der Waals surface area contributed by atoms with Crippen LogP contribution in [0.4, 0.5) is 10.5 Å². The number of carboxylic acids is 1. The van der Waals surface area contributed by atoms with Gasteiger partial charge in [-0.1, -0.05) is 17.7 Å². The van der Waals surface area contributed by atoms with E-state index in [1.165, 1.54) is 37.8 Å². The van der Waals surface area contributed by atoms with E-state index >= 15 is 0 Å². The molecule has 1 aromatic rings. The van der Waals surface area contributed by atoms with Crippen molar-refractivity contribution in [1.82, 2.24) is 5.32 Å². The number of anilines is 1. The van der Waals surface area contributed by atoms with E-state index < -0.39 is 5.97 Å². The predicted octanol–water partition coefficient (Wildman–Crippen LogP) is 3.35. The topological polar surface area (TPSA) is 78.4 Å². The number of carbonyl (C=O) groups excluding carboxylic acids is 1. The maximum Gasteiger partial charge on any atom is 0.339 e. The molecule has 0 unspecified atom stereocenters. The van der Waals surface area contributed by atoms with Gasteiger partial charge in [0, 0.05) is 6.54 Å². The number of aromatic carboxylic acids is 1. The van der Waals surface area contributed by atoms with Gasteiger partial charge >= 0.3 is 12.0 Å². The van der Waals surface area contributed by atoms with Crippen LogP contribution in [-0.2, 0) is 0 Å². The number of carboxylic acid groups (broad SMARTS) is 1. The molecule has 112 valence electrons. The standard InChI is InChI=1S/C15H17ClN2O3/c16-10-2-1-3-11(12(10)13(19)20)18-14(21)17-8-15(6-7-15)9-4-5-9/h1-3,9H,4-8H2,(H,19,20)(H2,17,18,21). The summed E-state index contributed by atoms with van der Waals surface area (Å²) in [7, 11) is 0. The molecule has 3 rings (SSSR count). The second-order valence-corrected chi connectivity index (χ2v) is 6.32. The van der Waals surface area contributed by atoms with E-state index in [1.807, 2.05) is 0 Å². The van der Waals surface area contributed by atoms with Crippen molar-refractivity contribution in [3.05, 3.63) is 28.8 Å². The molecule has 1 aromatic carbocycles. The van der Waals surface area contributed by atoms with Crippen LogP contribution in [0.25, 0.3) is 0 Å². The van der Waals surface area contributed by atoms with Crippen molar-refractivity contribution >= 4 is 29.3 Å². The lowest BCUT2D eigenvalue weighted by Crippen LogP contribution is -2.35. The lowest BCUT2D eigenvalue weighted by molar-refractivity contribution is 0.0698. The number of carbonyl (C=O) groups is 2. The van der Waals surface area contributed by atoms with E-state index in [2.05, 4.69) is 10.6 Å². The molecule has 5 nitrogen and oxygen atoms in total. The Morgan fingerprint density at radius 2 is 2.05 bits per heavy atom. The van der Waals surface area contributed by atoms with Gasteiger partial charge in [-0.3, -0.25) is 0 Å². The molecule has 2 aliphatic rings. The van der Waals surface area contributed by atoms with E-state index in [0.29, 0.717) is 12.0 Å². The Labute approximate surface area is 127 Å². The van der Waals surface area contributed by atoms with Crippen molar-refractivity contribution in [2.24, 2.45) is 11.3 Å². The second kappa shape index (κ2) is 5.22. The van der Waals surface area contributed by atoms with Gasteiger partial charge in [-0.2, -0.15) is 0 Å². The van der Waals surface area contributed by atoms with E-state index in [9.17, 15) is 9.59 Å². The van der Waals surface area contributed by atoms with Gasteiger partial charge < -0.3 is 15.7 Å². The van der Waals surface area contributed by atoms with Crippen molar-refractivity contribution in [2.45, 2.75) is 25.7 Å². The number of hydrogen-bond acceptors (Lipinski definition) is 2. The zero-order chi connectivity index (χ0) is 15.0. The van der Waals surface area contributed by atoms with Gasteiger partial charge in [-0.05, 0) is 49.1 Å². The first kappa shape index (κ1) is 14.2. The molecule has 3 N–H and O–H groups in total. The van der Waals surface area contributed by atoms with Crippen molar-refractivity contribution < 1.29 is 14.7 Å². The Morgan fingerprint density at radius 1 is 1.33 bits per heavy atom. The Hall–Kier alpha value is -1.75. The van der Waals surface area contributed by atoms with Gasteiger partial charge in [0.1, 0.15) is 5.56 Å². The van der Waals surface area contributed by atoms with Gasteiger partial charge in [0.2, 0.25) is 0 Å². The number of hydrogen-bond donors (Lipinski definition) is 3. The minimum atomic E-state index is -1.16. The van der Waals surface area contributed by atoms with Crippen LogP contribution in [0.3, 0.4) is 0 Å². The number of benzene rings is 1. The molecule has 0 spiro atoms. The fraction of sp³-hybridized carbons (Fsp3) is 0.467. The maximum atomic E-state index is 12.0. The third kappa shape index (κ3) is 2.97. The smallest absolute Gasteiger partial charge is 0.339 e. The largest absolute Gasteiger partial charge is 0.478 e. The van der Waals surface area contributed by atoms with Crippen LogP contribution in [0.15, 0.2) is 18.2 Å². The fourth-order valence-electron chi connectivity index (χ4n) is 2.85. The molecular weight excluding hydrogens is 292 g/mol. The molecule has 0 heterocycles. The minimum absolute atomic E-state index is 0.0855. The van der Waals surface area contributed by atoms with Crippen molar-refractivity contribution in [1.29, 1.82) is 0 Å². The highest BCUT2D eigenvalue weighted by Crippen LogP contribution is 2.60. The summed E-state index contributed by atoms with van der Waals surface area (Å²) < 4.78 is 0. The highest BCUT2D eigenvalue weighted by Gasteiger charge is 2.53. The molecule has 0 aromatic heterocycles. The Kier molecular flexibility index (Phi) is 3.53. The molecule has 0 aliphatic heterocycles. The summed E-state index contributed by atoms with van der Waals surface area (Å²) in [6.45, 7) is 0.659. The third-order valence-corrected chi connectivity index (χ3v) is 4.73. The van der Waals surface area contributed by atoms with Crippen molar-refractivity contribution in [3.63, 3.8) is 0 Å². The summed E-state index contributed by atoms with van der Waals surface area (Å²) in [5.41, 5.74) is 0.433. The Bertz CT molecular complexity index is 595. The number of amides is 2. The molecule has 0 radical (unpaired) electrons. The van der Waals surface area contributed by atoms with Gasteiger partial charge in [-0.15, -0.1) is 0 Å². The average Bonchev–Trinajstić information content (AvgIpc) is 3.28. The summed E-state index contributed by atoms with van der Waals surface area (Å²) >= 11 is 5.86. The molecule has 0 atom stereocenters. The molecule has 2 fully saturated rings. The number of rotatable bonds is 5. The summed E-state index contributed by atoms with van der Waals surface area (Å²) in [5.74, 6) is -0.397. The van der Waals surface area contributed by atoms with E-state index in [4.69, 9.17) is 16.7 Å². The highest BCUT2D eigenvalue weighted by atomic mass is 35.5. The quantitative estimate of drug-likeness (QED) is 0.780. The minimum Gasteiger partial charge on any atom is -0.478 e. The molecular formula is C15H17ClN2O3. The maximum absolute atomic E-state index is 12.0. The second-order valence-electron chi connectivity index (χ2n) is 5.91. The molecule has 2 saturated carbocycles. The van der Waals surface area contributed by atoms with E-state index in [-0.39, 0.29) is 22.3 Å². The summed E-state index contributed by atoms with van der Waals surface area (Å²) in [6, 6.07) is 4.24. The number of nitrogens with one attached hydrogen (secondary N) is 2. The lowest BCUT2D eigenvalue weighted by Gasteiger charge is -2.16. The van der Waals surface area contributed by atoms with Crippen LogP contribution < -0.4 is 10.6 Å².